The largest absolute Gasteiger partial charge is 0.489 e. The molecule has 0 aliphatic heterocycles. The quantitative estimate of drug-likeness (QED) is 0.929. The minimum absolute atomic E-state index is 0.129. The average Bonchev–Trinajstić information content (AvgIpc) is 2.12. The van der Waals surface area contributed by atoms with Gasteiger partial charge in [-0.2, -0.15) is 0 Å². The van der Waals surface area contributed by atoms with Crippen molar-refractivity contribution in [3.05, 3.63) is 28.0 Å². The van der Waals surface area contributed by atoms with E-state index in [-0.39, 0.29) is 12.5 Å². The van der Waals surface area contributed by atoms with Crippen LogP contribution in [0.5, 0.6) is 5.75 Å². The molecule has 0 heterocycles. The number of carbonyl (C=O) groups is 1. The highest BCUT2D eigenvalue weighted by molar-refractivity contribution is 9.10. The van der Waals surface area contributed by atoms with Gasteiger partial charge in [-0.3, -0.25) is 4.79 Å². The Balaban J connectivity index is 2.28. The standard InChI is InChI=1S/C12H12BrFO3/c13-10-6-8(14)4-7(5-11(15)16)12(10)17-9-2-1-3-9/h4,6,9H,1-3,5H2,(H,15,16). The minimum atomic E-state index is -0.999. The highest BCUT2D eigenvalue weighted by atomic mass is 79.9. The maximum atomic E-state index is 13.2. The summed E-state index contributed by atoms with van der Waals surface area (Å²) in [4.78, 5) is 10.7. The Labute approximate surface area is 107 Å². The Morgan fingerprint density at radius 2 is 2.24 bits per heavy atom. The van der Waals surface area contributed by atoms with Gasteiger partial charge in [-0.15, -0.1) is 0 Å². The van der Waals surface area contributed by atoms with Crippen LogP contribution in [0.1, 0.15) is 24.8 Å². The summed E-state index contributed by atoms with van der Waals surface area (Å²) in [7, 11) is 0. The van der Waals surface area contributed by atoms with Crippen molar-refractivity contribution in [2.45, 2.75) is 31.8 Å². The fraction of sp³-hybridized carbons (Fsp3) is 0.417. The van der Waals surface area contributed by atoms with Crippen LogP contribution in [-0.2, 0) is 11.2 Å². The lowest BCUT2D eigenvalue weighted by Gasteiger charge is -2.28. The number of rotatable bonds is 4. The summed E-state index contributed by atoms with van der Waals surface area (Å²) in [6.07, 6.45) is 2.95. The molecule has 3 nitrogen and oxygen atoms in total. The van der Waals surface area contributed by atoms with Crippen molar-refractivity contribution >= 4 is 21.9 Å². The van der Waals surface area contributed by atoms with E-state index in [1.54, 1.807) is 0 Å². The van der Waals surface area contributed by atoms with E-state index in [2.05, 4.69) is 15.9 Å². The molecule has 1 fully saturated rings. The number of ether oxygens (including phenoxy) is 1. The third-order valence-corrected chi connectivity index (χ3v) is 3.35. The normalized spacial score (nSPS) is 15.4. The summed E-state index contributed by atoms with van der Waals surface area (Å²) in [5, 5.41) is 8.79. The van der Waals surface area contributed by atoms with Gasteiger partial charge in [0.15, 0.2) is 0 Å². The van der Waals surface area contributed by atoms with Crippen molar-refractivity contribution in [2.24, 2.45) is 0 Å². The summed E-state index contributed by atoms with van der Waals surface area (Å²) in [6.45, 7) is 0. The van der Waals surface area contributed by atoms with E-state index in [1.807, 2.05) is 0 Å². The molecule has 0 atom stereocenters. The molecule has 5 heteroatoms. The molecule has 0 unspecified atom stereocenters. The third-order valence-electron chi connectivity index (χ3n) is 2.76. The van der Waals surface area contributed by atoms with Crippen molar-refractivity contribution in [1.29, 1.82) is 0 Å². The van der Waals surface area contributed by atoms with Crippen LogP contribution in [0.4, 0.5) is 4.39 Å². The van der Waals surface area contributed by atoms with E-state index in [0.29, 0.717) is 15.8 Å². The monoisotopic (exact) mass is 302 g/mol. The Morgan fingerprint density at radius 3 is 2.76 bits per heavy atom. The van der Waals surface area contributed by atoms with Gasteiger partial charge >= 0.3 is 5.97 Å². The van der Waals surface area contributed by atoms with Crippen molar-refractivity contribution in [3.63, 3.8) is 0 Å². The zero-order chi connectivity index (χ0) is 12.4. The molecule has 17 heavy (non-hydrogen) atoms. The highest BCUT2D eigenvalue weighted by Crippen LogP contribution is 2.35. The van der Waals surface area contributed by atoms with E-state index in [9.17, 15) is 9.18 Å². The number of carboxylic acid groups (broad SMARTS) is 1. The lowest BCUT2D eigenvalue weighted by Crippen LogP contribution is -2.25. The molecule has 92 valence electrons. The number of aliphatic carboxylic acids is 1. The van der Waals surface area contributed by atoms with Crippen LogP contribution < -0.4 is 4.74 Å². The summed E-state index contributed by atoms with van der Waals surface area (Å²) in [6, 6.07) is 2.51. The van der Waals surface area contributed by atoms with E-state index >= 15 is 0 Å². The molecule has 1 aromatic carbocycles. The molecular formula is C12H12BrFO3. The second kappa shape index (κ2) is 5.04. The molecule has 0 aromatic heterocycles. The maximum absolute atomic E-state index is 13.2. The third kappa shape index (κ3) is 2.97. The molecule has 0 saturated heterocycles. The van der Waals surface area contributed by atoms with Crippen LogP contribution in [-0.4, -0.2) is 17.2 Å². The Morgan fingerprint density at radius 1 is 1.53 bits per heavy atom. The smallest absolute Gasteiger partial charge is 0.307 e. The first-order chi connectivity index (χ1) is 8.06. The van der Waals surface area contributed by atoms with Gasteiger partial charge < -0.3 is 9.84 Å². The fourth-order valence-electron chi connectivity index (χ4n) is 1.70. The van der Waals surface area contributed by atoms with E-state index < -0.39 is 11.8 Å². The zero-order valence-electron chi connectivity index (χ0n) is 9.08. The maximum Gasteiger partial charge on any atom is 0.307 e. The van der Waals surface area contributed by atoms with E-state index in [0.717, 1.165) is 19.3 Å². The second-order valence-electron chi connectivity index (χ2n) is 4.12. The average molecular weight is 303 g/mol. The minimum Gasteiger partial charge on any atom is -0.489 e. The fourth-order valence-corrected chi connectivity index (χ4v) is 2.26. The van der Waals surface area contributed by atoms with Gasteiger partial charge in [0.1, 0.15) is 11.6 Å². The van der Waals surface area contributed by atoms with Crippen molar-refractivity contribution in [1.82, 2.24) is 0 Å². The predicted molar refractivity (Wildman–Crippen MR) is 63.7 cm³/mol. The topological polar surface area (TPSA) is 46.5 Å². The molecule has 2 rings (SSSR count). The molecule has 0 radical (unpaired) electrons. The first kappa shape index (κ1) is 12.4. The number of carboxylic acids is 1. The predicted octanol–water partition coefficient (Wildman–Crippen LogP) is 3.15. The summed E-state index contributed by atoms with van der Waals surface area (Å²) in [5.74, 6) is -1.01. The van der Waals surface area contributed by atoms with Crippen molar-refractivity contribution in [2.75, 3.05) is 0 Å². The van der Waals surface area contributed by atoms with Gasteiger partial charge in [-0.05, 0) is 47.3 Å². The molecule has 0 bridgehead atoms. The summed E-state index contributed by atoms with van der Waals surface area (Å²) >= 11 is 3.21. The summed E-state index contributed by atoms with van der Waals surface area (Å²) in [5.41, 5.74) is 0.372. The van der Waals surface area contributed by atoms with Crippen LogP contribution in [0.25, 0.3) is 0 Å². The van der Waals surface area contributed by atoms with Gasteiger partial charge in [-0.1, -0.05) is 0 Å². The van der Waals surface area contributed by atoms with Crippen molar-refractivity contribution in [3.8, 4) is 5.75 Å². The van der Waals surface area contributed by atoms with Crippen LogP contribution >= 0.6 is 15.9 Å². The van der Waals surface area contributed by atoms with Crippen LogP contribution in [0.2, 0.25) is 0 Å². The number of benzene rings is 1. The first-order valence-corrected chi connectivity index (χ1v) is 6.22. The molecule has 1 N–H and O–H groups in total. The molecule has 1 aliphatic carbocycles. The Hall–Kier alpha value is -1.10. The van der Waals surface area contributed by atoms with E-state index in [1.165, 1.54) is 12.1 Å². The lowest BCUT2D eigenvalue weighted by molar-refractivity contribution is -0.136. The summed E-state index contributed by atoms with van der Waals surface area (Å²) < 4.78 is 19.4. The second-order valence-corrected chi connectivity index (χ2v) is 4.97. The SMILES string of the molecule is O=C(O)Cc1cc(F)cc(Br)c1OC1CCC1. The lowest BCUT2D eigenvalue weighted by atomic mass is 9.96. The molecule has 1 saturated carbocycles. The number of halogens is 2. The van der Waals surface area contributed by atoms with Crippen LogP contribution in [0.15, 0.2) is 16.6 Å². The van der Waals surface area contributed by atoms with Gasteiger partial charge in [0.05, 0.1) is 17.0 Å². The number of hydrogen-bond donors (Lipinski definition) is 1. The van der Waals surface area contributed by atoms with Crippen LogP contribution in [0.3, 0.4) is 0 Å². The van der Waals surface area contributed by atoms with Gasteiger partial charge in [0.2, 0.25) is 0 Å². The Bertz CT molecular complexity index is 444. The van der Waals surface area contributed by atoms with Gasteiger partial charge in [-0.25, -0.2) is 4.39 Å². The van der Waals surface area contributed by atoms with E-state index in [4.69, 9.17) is 9.84 Å². The van der Waals surface area contributed by atoms with Crippen LogP contribution in [0, 0.1) is 5.82 Å². The zero-order valence-corrected chi connectivity index (χ0v) is 10.7. The van der Waals surface area contributed by atoms with Gasteiger partial charge in [0, 0.05) is 5.56 Å². The molecule has 1 aliphatic rings. The van der Waals surface area contributed by atoms with Crippen molar-refractivity contribution < 1.29 is 19.0 Å². The first-order valence-electron chi connectivity index (χ1n) is 5.42. The highest BCUT2D eigenvalue weighted by Gasteiger charge is 2.22. The molecular weight excluding hydrogens is 291 g/mol. The Kier molecular flexibility index (Phi) is 3.66. The molecule has 0 spiro atoms. The number of hydrogen-bond acceptors (Lipinski definition) is 2. The van der Waals surface area contributed by atoms with Gasteiger partial charge in [0.25, 0.3) is 0 Å². The molecule has 1 aromatic rings. The molecule has 0 amide bonds.